The van der Waals surface area contributed by atoms with Gasteiger partial charge in [0.15, 0.2) is 0 Å². The van der Waals surface area contributed by atoms with Crippen molar-refractivity contribution in [1.82, 2.24) is 15.1 Å². The van der Waals surface area contributed by atoms with Crippen LogP contribution >= 0.6 is 11.8 Å². The molecule has 1 N–H and O–H groups in total. The number of nitrogens with one attached hydrogen (secondary N) is 1. The second-order valence-electron chi connectivity index (χ2n) is 9.73. The van der Waals surface area contributed by atoms with Gasteiger partial charge in [0.25, 0.3) is 0 Å². The van der Waals surface area contributed by atoms with Crippen molar-refractivity contribution >= 4 is 29.4 Å². The second kappa shape index (κ2) is 11.5. The van der Waals surface area contributed by atoms with E-state index in [0.29, 0.717) is 12.4 Å². The Balaban J connectivity index is 1.80. The molecule has 8 heteroatoms. The maximum Gasteiger partial charge on any atom is 0.240 e. The van der Waals surface area contributed by atoms with Crippen molar-refractivity contribution in [3.05, 3.63) is 101 Å². The van der Waals surface area contributed by atoms with Gasteiger partial charge in [-0.15, -0.1) is 11.8 Å². The van der Waals surface area contributed by atoms with E-state index in [1.165, 1.54) is 23.9 Å². The molecule has 1 atom stereocenters. The fourth-order valence-corrected chi connectivity index (χ4v) is 6.10. The van der Waals surface area contributed by atoms with Gasteiger partial charge in [-0.05, 0) is 49.6 Å². The number of anilines is 1. The van der Waals surface area contributed by atoms with E-state index in [1.807, 2.05) is 63.2 Å². The van der Waals surface area contributed by atoms with E-state index in [1.54, 1.807) is 21.7 Å². The second-order valence-corrected chi connectivity index (χ2v) is 10.8. The van der Waals surface area contributed by atoms with Crippen LogP contribution in [-0.4, -0.2) is 40.4 Å². The summed E-state index contributed by atoms with van der Waals surface area (Å²) in [5, 5.41) is 7.72. The fourth-order valence-electron chi connectivity index (χ4n) is 4.90. The van der Waals surface area contributed by atoms with E-state index in [0.717, 1.165) is 45.6 Å². The zero-order chi connectivity index (χ0) is 27.5. The highest BCUT2D eigenvalue weighted by Gasteiger charge is 2.37. The summed E-state index contributed by atoms with van der Waals surface area (Å²) in [6.45, 7) is 6.45. The van der Waals surface area contributed by atoms with Crippen LogP contribution in [0.3, 0.4) is 0 Å². The topological polar surface area (TPSA) is 67.2 Å². The number of nitrogens with zero attached hydrogens (tertiary/aromatic N) is 3. The maximum absolute atomic E-state index is 13.9. The predicted octanol–water partition coefficient (Wildman–Crippen LogP) is 5.99. The summed E-state index contributed by atoms with van der Waals surface area (Å²) in [4.78, 5) is 28.3. The third-order valence-electron chi connectivity index (χ3n) is 6.76. The number of carbonyl (C=O) groups is 2. The van der Waals surface area contributed by atoms with Crippen LogP contribution in [0.2, 0.25) is 0 Å². The van der Waals surface area contributed by atoms with Crippen LogP contribution in [0.1, 0.15) is 40.8 Å². The molecule has 39 heavy (non-hydrogen) atoms. The van der Waals surface area contributed by atoms with Crippen LogP contribution in [0.4, 0.5) is 10.2 Å². The zero-order valence-corrected chi connectivity index (χ0v) is 23.1. The molecule has 0 saturated carbocycles. The number of rotatable bonds is 7. The first-order valence-electron chi connectivity index (χ1n) is 13.1. The smallest absolute Gasteiger partial charge is 0.240 e. The molecule has 0 unspecified atom stereocenters. The molecular weight excluding hydrogens is 511 g/mol. The third kappa shape index (κ3) is 5.47. The van der Waals surface area contributed by atoms with E-state index in [-0.39, 0.29) is 35.2 Å². The van der Waals surface area contributed by atoms with Gasteiger partial charge in [0.2, 0.25) is 11.8 Å². The third-order valence-corrected chi connectivity index (χ3v) is 8.02. The van der Waals surface area contributed by atoms with E-state index in [2.05, 4.69) is 11.4 Å². The van der Waals surface area contributed by atoms with E-state index < -0.39 is 0 Å². The molecule has 3 aromatic carbocycles. The van der Waals surface area contributed by atoms with Crippen LogP contribution in [0.25, 0.3) is 16.9 Å². The molecular formula is C31H31FN4O2S. The van der Waals surface area contributed by atoms with Crippen molar-refractivity contribution in [3.63, 3.8) is 0 Å². The minimum atomic E-state index is -0.322. The highest BCUT2D eigenvalue weighted by molar-refractivity contribution is 8.00. The Bertz CT molecular complexity index is 1500. The predicted molar refractivity (Wildman–Crippen MR) is 155 cm³/mol. The minimum absolute atomic E-state index is 0.118. The number of benzene rings is 3. The number of aryl methyl sites for hydroxylation is 2. The largest absolute Gasteiger partial charge is 0.355 e. The van der Waals surface area contributed by atoms with Gasteiger partial charge in [-0.2, -0.15) is 5.10 Å². The first kappa shape index (κ1) is 26.7. The van der Waals surface area contributed by atoms with E-state index in [9.17, 15) is 14.0 Å². The van der Waals surface area contributed by atoms with Crippen LogP contribution in [0.5, 0.6) is 0 Å². The molecule has 6 nitrogen and oxygen atoms in total. The average Bonchev–Trinajstić information content (AvgIpc) is 3.25. The number of fused-ring (bicyclic) bond motifs is 1. The lowest BCUT2D eigenvalue weighted by Gasteiger charge is -2.24. The quantitative estimate of drug-likeness (QED) is 0.312. The summed E-state index contributed by atoms with van der Waals surface area (Å²) in [6, 6.07) is 22.3. The number of halogens is 1. The van der Waals surface area contributed by atoms with Crippen molar-refractivity contribution in [1.29, 1.82) is 0 Å². The minimum Gasteiger partial charge on any atom is -0.355 e. The van der Waals surface area contributed by atoms with Gasteiger partial charge in [-0.1, -0.05) is 67.1 Å². The molecule has 1 aliphatic rings. The molecule has 0 spiro atoms. The summed E-state index contributed by atoms with van der Waals surface area (Å²) in [5.74, 6) is 0.00630. The van der Waals surface area contributed by atoms with Gasteiger partial charge >= 0.3 is 0 Å². The number of hydrogen-bond donors (Lipinski definition) is 1. The summed E-state index contributed by atoms with van der Waals surface area (Å²) < 4.78 is 15.7. The van der Waals surface area contributed by atoms with Gasteiger partial charge in [0.05, 0.1) is 22.4 Å². The first-order valence-corrected chi connectivity index (χ1v) is 14.1. The van der Waals surface area contributed by atoms with Gasteiger partial charge in [-0.25, -0.2) is 9.07 Å². The molecule has 200 valence electrons. The van der Waals surface area contributed by atoms with Crippen molar-refractivity contribution in [3.8, 4) is 16.9 Å². The molecule has 0 bridgehead atoms. The van der Waals surface area contributed by atoms with Crippen molar-refractivity contribution in [2.75, 3.05) is 23.7 Å². The standard InChI is InChI=1S/C31H31FN4O2S/c1-4-16-33-26(37)18-35-27(38)19-39-30(23-11-13-24(32)14-12-23)28-29(22-8-6-5-7-9-22)34-36(31(28)35)25-15-10-20(2)17-21(25)3/h5-15,17,30H,4,16,18-19H2,1-3H3,(H,33,37)/t30-/m1/s1. The zero-order valence-electron chi connectivity index (χ0n) is 22.3. The van der Waals surface area contributed by atoms with Crippen LogP contribution < -0.4 is 10.2 Å². The van der Waals surface area contributed by atoms with Crippen LogP contribution in [-0.2, 0) is 9.59 Å². The summed E-state index contributed by atoms with van der Waals surface area (Å²) >= 11 is 1.47. The molecule has 0 radical (unpaired) electrons. The number of thioether (sulfide) groups is 1. The molecule has 1 aliphatic heterocycles. The molecule has 1 aromatic heterocycles. The molecule has 2 heterocycles. The SMILES string of the molecule is CCCNC(=O)CN1C(=O)CS[C@H](c2ccc(F)cc2)c2c(-c3ccccc3)nn(-c3ccc(C)cc3C)c21. The van der Waals surface area contributed by atoms with Crippen molar-refractivity contribution < 1.29 is 14.0 Å². The first-order chi connectivity index (χ1) is 18.9. The highest BCUT2D eigenvalue weighted by Crippen LogP contribution is 2.48. The van der Waals surface area contributed by atoms with E-state index in [4.69, 9.17) is 5.10 Å². The molecule has 0 saturated heterocycles. The molecule has 2 amide bonds. The van der Waals surface area contributed by atoms with Gasteiger partial charge < -0.3 is 5.32 Å². The molecule has 0 fully saturated rings. The molecule has 0 aliphatic carbocycles. The lowest BCUT2D eigenvalue weighted by Crippen LogP contribution is -2.42. The lowest BCUT2D eigenvalue weighted by atomic mass is 9.99. The van der Waals surface area contributed by atoms with Crippen LogP contribution in [0, 0.1) is 19.7 Å². The van der Waals surface area contributed by atoms with Gasteiger partial charge in [0, 0.05) is 17.7 Å². The monoisotopic (exact) mass is 542 g/mol. The Morgan fingerprint density at radius 2 is 1.82 bits per heavy atom. The number of carbonyl (C=O) groups excluding carboxylic acids is 2. The summed E-state index contributed by atoms with van der Waals surface area (Å²) in [6.07, 6.45) is 0.798. The number of hydrogen-bond acceptors (Lipinski definition) is 4. The number of amides is 2. The van der Waals surface area contributed by atoms with Gasteiger partial charge in [-0.3, -0.25) is 14.5 Å². The Morgan fingerprint density at radius 3 is 2.51 bits per heavy atom. The molecule has 5 rings (SSSR count). The van der Waals surface area contributed by atoms with Crippen molar-refractivity contribution in [2.45, 2.75) is 32.4 Å². The summed E-state index contributed by atoms with van der Waals surface area (Å²) in [5.41, 5.74) is 6.26. The van der Waals surface area contributed by atoms with Crippen molar-refractivity contribution in [2.24, 2.45) is 0 Å². The average molecular weight is 543 g/mol. The highest BCUT2D eigenvalue weighted by atomic mass is 32.2. The lowest BCUT2D eigenvalue weighted by molar-refractivity contribution is -0.122. The Hall–Kier alpha value is -3.91. The summed E-state index contributed by atoms with van der Waals surface area (Å²) in [7, 11) is 0. The number of aromatic nitrogens is 2. The molecule has 4 aromatic rings. The fraction of sp³-hybridized carbons (Fsp3) is 0.258. The maximum atomic E-state index is 13.9. The Labute approximate surface area is 232 Å². The normalized spacial score (nSPS) is 15.1. The Morgan fingerprint density at radius 1 is 1.08 bits per heavy atom. The van der Waals surface area contributed by atoms with E-state index >= 15 is 0 Å². The Kier molecular flexibility index (Phi) is 7.84. The van der Waals surface area contributed by atoms with Gasteiger partial charge in [0.1, 0.15) is 18.2 Å². The van der Waals surface area contributed by atoms with Crippen LogP contribution in [0.15, 0.2) is 72.8 Å².